The Bertz CT molecular complexity index is 550. The maximum atomic E-state index is 12.2. The van der Waals surface area contributed by atoms with Gasteiger partial charge in [-0.05, 0) is 85.5 Å². The molecule has 3 fully saturated rings. The standard InChI is InChI=1S/C21H32O2/c1-13-12-21(3)14(11-18(13)22)5-6-15-16-7-8-19(23-4)20(16,2)10-9-17(15)21/h12,14-17,19H,5-11H2,1-4H3/t14?,15-,16-,17+,19?,20-,21-/m0/s1. The second-order valence-electron chi connectivity index (χ2n) is 9.32. The minimum Gasteiger partial charge on any atom is -0.381 e. The minimum atomic E-state index is 0.257. The van der Waals surface area contributed by atoms with E-state index in [0.717, 1.165) is 29.7 Å². The van der Waals surface area contributed by atoms with Crippen molar-refractivity contribution in [2.75, 3.05) is 7.11 Å². The molecule has 2 heteroatoms. The molecule has 0 radical (unpaired) electrons. The molecule has 2 nitrogen and oxygen atoms in total. The number of Topliss-reactive ketones (excluding diaryl/α,β-unsaturated/α-hetero) is 1. The summed E-state index contributed by atoms with van der Waals surface area (Å²) in [7, 11) is 1.90. The fourth-order valence-corrected chi connectivity index (χ4v) is 7.29. The van der Waals surface area contributed by atoms with Crippen LogP contribution in [0.5, 0.6) is 0 Å². The molecule has 7 atom stereocenters. The van der Waals surface area contributed by atoms with E-state index in [1.807, 2.05) is 14.0 Å². The number of methoxy groups -OCH3 is 1. The van der Waals surface area contributed by atoms with Crippen molar-refractivity contribution in [1.29, 1.82) is 0 Å². The van der Waals surface area contributed by atoms with Gasteiger partial charge in [0.15, 0.2) is 5.78 Å². The molecule has 128 valence electrons. The summed E-state index contributed by atoms with van der Waals surface area (Å²) >= 11 is 0. The minimum absolute atomic E-state index is 0.257. The molecule has 0 amide bonds. The van der Waals surface area contributed by atoms with E-state index in [1.165, 1.54) is 38.5 Å². The predicted molar refractivity (Wildman–Crippen MR) is 92.1 cm³/mol. The number of rotatable bonds is 1. The third-order valence-electron chi connectivity index (χ3n) is 8.56. The maximum Gasteiger partial charge on any atom is 0.158 e. The quantitative estimate of drug-likeness (QED) is 0.696. The molecule has 0 aromatic carbocycles. The Morgan fingerprint density at radius 2 is 1.87 bits per heavy atom. The van der Waals surface area contributed by atoms with Gasteiger partial charge in [0.05, 0.1) is 6.10 Å². The molecular formula is C21H32O2. The Morgan fingerprint density at radius 3 is 2.61 bits per heavy atom. The maximum absolute atomic E-state index is 12.2. The van der Waals surface area contributed by atoms with E-state index >= 15 is 0 Å². The highest BCUT2D eigenvalue weighted by Gasteiger charge is 2.60. The van der Waals surface area contributed by atoms with Crippen LogP contribution < -0.4 is 0 Å². The van der Waals surface area contributed by atoms with Gasteiger partial charge in [-0.25, -0.2) is 0 Å². The van der Waals surface area contributed by atoms with E-state index in [1.54, 1.807) is 0 Å². The molecule has 4 aliphatic rings. The first kappa shape index (κ1) is 15.9. The normalized spacial score (nSPS) is 52.4. The topological polar surface area (TPSA) is 26.3 Å². The van der Waals surface area contributed by atoms with Gasteiger partial charge in [0.1, 0.15) is 0 Å². The molecule has 3 saturated carbocycles. The third kappa shape index (κ3) is 2.06. The van der Waals surface area contributed by atoms with E-state index in [0.29, 0.717) is 23.2 Å². The summed E-state index contributed by atoms with van der Waals surface area (Å²) in [6, 6.07) is 0. The monoisotopic (exact) mass is 316 g/mol. The second kappa shape index (κ2) is 5.18. The van der Waals surface area contributed by atoms with Gasteiger partial charge < -0.3 is 4.74 Å². The molecule has 0 aromatic heterocycles. The van der Waals surface area contributed by atoms with Crippen molar-refractivity contribution in [3.05, 3.63) is 11.6 Å². The second-order valence-corrected chi connectivity index (χ2v) is 9.32. The molecule has 0 N–H and O–H groups in total. The number of allylic oxidation sites excluding steroid dienone is 2. The van der Waals surface area contributed by atoms with Crippen LogP contribution in [-0.2, 0) is 9.53 Å². The summed E-state index contributed by atoms with van der Waals surface area (Å²) in [5.74, 6) is 3.43. The zero-order chi connectivity index (χ0) is 16.4. The molecule has 0 saturated heterocycles. The molecule has 2 unspecified atom stereocenters. The van der Waals surface area contributed by atoms with Crippen molar-refractivity contribution in [2.24, 2.45) is 34.5 Å². The van der Waals surface area contributed by atoms with Crippen molar-refractivity contribution in [2.45, 2.75) is 71.8 Å². The fraction of sp³-hybridized carbons (Fsp3) is 0.857. The van der Waals surface area contributed by atoms with Gasteiger partial charge >= 0.3 is 0 Å². The summed E-state index contributed by atoms with van der Waals surface area (Å²) in [5, 5.41) is 0. The first-order valence-electron chi connectivity index (χ1n) is 9.65. The van der Waals surface area contributed by atoms with Crippen LogP contribution in [0.4, 0.5) is 0 Å². The van der Waals surface area contributed by atoms with Crippen LogP contribution >= 0.6 is 0 Å². The molecule has 0 heterocycles. The van der Waals surface area contributed by atoms with Gasteiger partial charge in [-0.1, -0.05) is 19.9 Å². The lowest BCUT2D eigenvalue weighted by Gasteiger charge is -2.59. The van der Waals surface area contributed by atoms with Crippen molar-refractivity contribution in [3.63, 3.8) is 0 Å². The van der Waals surface area contributed by atoms with E-state index < -0.39 is 0 Å². The predicted octanol–water partition coefficient (Wildman–Crippen LogP) is 4.78. The molecule has 0 spiro atoms. The lowest BCUT2D eigenvalue weighted by molar-refractivity contribution is -0.126. The number of ether oxygens (including phenoxy) is 1. The molecule has 0 bridgehead atoms. The van der Waals surface area contributed by atoms with Crippen LogP contribution in [0.2, 0.25) is 0 Å². The van der Waals surface area contributed by atoms with Crippen LogP contribution in [0, 0.1) is 34.5 Å². The molecular weight excluding hydrogens is 284 g/mol. The highest BCUT2D eigenvalue weighted by molar-refractivity contribution is 5.96. The summed E-state index contributed by atoms with van der Waals surface area (Å²) in [6.07, 6.45) is 11.4. The number of ketones is 1. The zero-order valence-corrected chi connectivity index (χ0v) is 15.2. The Kier molecular flexibility index (Phi) is 3.58. The first-order chi connectivity index (χ1) is 10.9. The van der Waals surface area contributed by atoms with Gasteiger partial charge in [-0.3, -0.25) is 4.79 Å². The number of hydrogen-bond acceptors (Lipinski definition) is 2. The number of carbonyl (C=O) groups is 1. The zero-order valence-electron chi connectivity index (χ0n) is 15.2. The Labute approximate surface area is 141 Å². The Balaban J connectivity index is 1.68. The molecule has 4 aliphatic carbocycles. The van der Waals surface area contributed by atoms with Crippen LogP contribution in [0.1, 0.15) is 65.7 Å². The van der Waals surface area contributed by atoms with Crippen molar-refractivity contribution < 1.29 is 9.53 Å². The smallest absolute Gasteiger partial charge is 0.158 e. The fourth-order valence-electron chi connectivity index (χ4n) is 7.29. The summed E-state index contributed by atoms with van der Waals surface area (Å²) in [4.78, 5) is 12.2. The van der Waals surface area contributed by atoms with Crippen LogP contribution in [0.15, 0.2) is 11.6 Å². The highest BCUT2D eigenvalue weighted by Crippen LogP contribution is 2.65. The van der Waals surface area contributed by atoms with Gasteiger partial charge in [0.2, 0.25) is 0 Å². The number of hydrogen-bond donors (Lipinski definition) is 0. The van der Waals surface area contributed by atoms with Crippen LogP contribution in [-0.4, -0.2) is 19.0 Å². The van der Waals surface area contributed by atoms with Crippen molar-refractivity contribution in [3.8, 4) is 0 Å². The van der Waals surface area contributed by atoms with Crippen LogP contribution in [0.25, 0.3) is 0 Å². The molecule has 0 aliphatic heterocycles. The van der Waals surface area contributed by atoms with E-state index in [9.17, 15) is 4.79 Å². The Hall–Kier alpha value is -0.630. The van der Waals surface area contributed by atoms with E-state index in [2.05, 4.69) is 19.9 Å². The van der Waals surface area contributed by atoms with Gasteiger partial charge in [-0.2, -0.15) is 0 Å². The van der Waals surface area contributed by atoms with Gasteiger partial charge in [0, 0.05) is 13.5 Å². The van der Waals surface area contributed by atoms with Crippen molar-refractivity contribution >= 4 is 5.78 Å². The van der Waals surface area contributed by atoms with Gasteiger partial charge in [0.25, 0.3) is 0 Å². The van der Waals surface area contributed by atoms with Crippen LogP contribution in [0.3, 0.4) is 0 Å². The largest absolute Gasteiger partial charge is 0.381 e. The summed E-state index contributed by atoms with van der Waals surface area (Å²) < 4.78 is 5.87. The number of fused-ring (bicyclic) bond motifs is 5. The molecule has 23 heavy (non-hydrogen) atoms. The SMILES string of the molecule is COC1CC[C@H]2[C@@H]3CCC4CC(=O)C(C)=C[C@]4(C)[C@@H]3CC[C@]12C. The van der Waals surface area contributed by atoms with Crippen molar-refractivity contribution in [1.82, 2.24) is 0 Å². The Morgan fingerprint density at radius 1 is 1.09 bits per heavy atom. The number of carbonyl (C=O) groups excluding carboxylic acids is 1. The average molecular weight is 316 g/mol. The highest BCUT2D eigenvalue weighted by atomic mass is 16.5. The van der Waals surface area contributed by atoms with Gasteiger partial charge in [-0.15, -0.1) is 0 Å². The lowest BCUT2D eigenvalue weighted by atomic mass is 9.46. The summed E-state index contributed by atoms with van der Waals surface area (Å²) in [6.45, 7) is 7.00. The first-order valence-corrected chi connectivity index (χ1v) is 9.65. The third-order valence-corrected chi connectivity index (χ3v) is 8.56. The average Bonchev–Trinajstić information content (AvgIpc) is 2.85. The molecule has 4 rings (SSSR count). The lowest BCUT2D eigenvalue weighted by Crippen LogP contribution is -2.53. The summed E-state index contributed by atoms with van der Waals surface area (Å²) in [5.41, 5.74) is 1.68. The van der Waals surface area contributed by atoms with E-state index in [-0.39, 0.29) is 5.41 Å². The molecule has 0 aromatic rings. The van der Waals surface area contributed by atoms with E-state index in [4.69, 9.17) is 4.74 Å².